The minimum atomic E-state index is -4.44. The molecule has 1 N–H and O–H groups in total. The lowest BCUT2D eigenvalue weighted by molar-refractivity contribution is -0.173. The van der Waals surface area contributed by atoms with Gasteiger partial charge in [0.2, 0.25) is 0 Å². The van der Waals surface area contributed by atoms with Crippen LogP contribution in [0.5, 0.6) is 0 Å². The fourth-order valence-corrected chi connectivity index (χ4v) is 3.78. The average molecular weight is 378 g/mol. The van der Waals surface area contributed by atoms with Crippen molar-refractivity contribution in [1.82, 2.24) is 14.7 Å². The number of carbonyl (C=O) groups is 1. The fourth-order valence-electron chi connectivity index (χ4n) is 3.78. The van der Waals surface area contributed by atoms with E-state index in [1.54, 1.807) is 4.90 Å². The summed E-state index contributed by atoms with van der Waals surface area (Å²) >= 11 is 0. The smallest absolute Gasteiger partial charge is 0.363 e. The number of likely N-dealkylation sites (tertiary alicyclic amines) is 1. The Hall–Kier alpha value is -2.51. The predicted octanol–water partition coefficient (Wildman–Crippen LogP) is 4.09. The van der Waals surface area contributed by atoms with Crippen LogP contribution in [0.2, 0.25) is 0 Å². The van der Waals surface area contributed by atoms with Crippen LogP contribution in [0.4, 0.5) is 19.0 Å². The van der Waals surface area contributed by atoms with Gasteiger partial charge in [0.05, 0.1) is 6.04 Å². The van der Waals surface area contributed by atoms with Gasteiger partial charge in [0.25, 0.3) is 5.91 Å². The summed E-state index contributed by atoms with van der Waals surface area (Å²) in [5.41, 5.74) is 1.90. The summed E-state index contributed by atoms with van der Waals surface area (Å²) in [6.45, 7) is 3.19. The highest BCUT2D eigenvalue weighted by Gasteiger charge is 2.47. The van der Waals surface area contributed by atoms with Gasteiger partial charge in [0, 0.05) is 25.6 Å². The fraction of sp³-hybridized carbons (Fsp3) is 0.474. The number of rotatable bonds is 2. The second-order valence-electron chi connectivity index (χ2n) is 7.26. The average Bonchev–Trinajstić information content (AvgIpc) is 3.29. The molecule has 144 valence electrons. The minimum Gasteiger partial charge on any atom is -0.363 e. The molecule has 0 aliphatic carbocycles. The van der Waals surface area contributed by atoms with E-state index < -0.39 is 18.3 Å². The summed E-state index contributed by atoms with van der Waals surface area (Å²) in [7, 11) is 0. The van der Waals surface area contributed by atoms with E-state index in [9.17, 15) is 18.0 Å². The molecule has 0 radical (unpaired) electrons. The summed E-state index contributed by atoms with van der Waals surface area (Å²) < 4.78 is 42.0. The topological polar surface area (TPSA) is 50.2 Å². The highest BCUT2D eigenvalue weighted by atomic mass is 19.4. The normalized spacial score (nSPS) is 22.4. The number of carbonyl (C=O) groups excluding carboxylic acids is 1. The van der Waals surface area contributed by atoms with Gasteiger partial charge in [-0.25, -0.2) is 4.68 Å². The lowest BCUT2D eigenvalue weighted by Gasteiger charge is -2.33. The number of aryl methyl sites for hydroxylation is 1. The largest absolute Gasteiger partial charge is 0.410 e. The van der Waals surface area contributed by atoms with Crippen molar-refractivity contribution in [2.45, 2.75) is 44.4 Å². The standard InChI is InChI=1S/C19H21F3N4O/c1-12-4-6-13(7-5-12)14-10-16(19(20,21)22)26-17(23-14)11-15(24-26)18(27)25-8-2-3-9-25/h4-7,11,14,16,23H,2-3,8-10H2,1H3/t14-,16+/m1/s1. The Bertz CT molecular complexity index is 838. The van der Waals surface area contributed by atoms with Gasteiger partial charge in [-0.3, -0.25) is 4.79 Å². The molecule has 1 aromatic carbocycles. The van der Waals surface area contributed by atoms with Gasteiger partial charge in [0.1, 0.15) is 5.82 Å². The second kappa shape index (κ2) is 6.58. The third-order valence-corrected chi connectivity index (χ3v) is 5.28. The van der Waals surface area contributed by atoms with Crippen molar-refractivity contribution in [3.8, 4) is 0 Å². The quantitative estimate of drug-likeness (QED) is 0.856. The zero-order chi connectivity index (χ0) is 19.2. The van der Waals surface area contributed by atoms with E-state index in [1.807, 2.05) is 31.2 Å². The zero-order valence-corrected chi connectivity index (χ0v) is 15.0. The molecule has 27 heavy (non-hydrogen) atoms. The first-order chi connectivity index (χ1) is 12.8. The van der Waals surface area contributed by atoms with Crippen molar-refractivity contribution in [3.63, 3.8) is 0 Å². The molecule has 2 aliphatic rings. The first-order valence-corrected chi connectivity index (χ1v) is 9.11. The number of nitrogens with zero attached hydrogens (tertiary/aromatic N) is 3. The van der Waals surface area contributed by atoms with Crippen LogP contribution in [-0.4, -0.2) is 39.9 Å². The number of hydrogen-bond acceptors (Lipinski definition) is 3. The molecule has 4 rings (SSSR count). The summed E-state index contributed by atoms with van der Waals surface area (Å²) in [5.74, 6) is -0.0688. The first-order valence-electron chi connectivity index (χ1n) is 9.11. The molecule has 1 fully saturated rings. The maximum Gasteiger partial charge on any atom is 0.410 e. The number of halogens is 3. The van der Waals surface area contributed by atoms with Gasteiger partial charge < -0.3 is 10.2 Å². The SMILES string of the molecule is Cc1ccc([C@H]2C[C@@H](C(F)(F)F)n3nc(C(=O)N4CCCC4)cc3N2)cc1. The van der Waals surface area contributed by atoms with Crippen LogP contribution in [0, 0.1) is 6.92 Å². The number of benzene rings is 1. The number of alkyl halides is 3. The number of hydrogen-bond donors (Lipinski definition) is 1. The van der Waals surface area contributed by atoms with Crippen LogP contribution in [0.1, 0.15) is 53.0 Å². The van der Waals surface area contributed by atoms with Crippen molar-refractivity contribution in [3.05, 3.63) is 47.2 Å². The van der Waals surface area contributed by atoms with Crippen molar-refractivity contribution < 1.29 is 18.0 Å². The molecule has 3 heterocycles. The molecule has 0 unspecified atom stereocenters. The lowest BCUT2D eigenvalue weighted by Crippen LogP contribution is -2.36. The first kappa shape index (κ1) is 17.9. The summed E-state index contributed by atoms with van der Waals surface area (Å²) in [6, 6.07) is 6.63. The van der Waals surface area contributed by atoms with Gasteiger partial charge in [0.15, 0.2) is 11.7 Å². The Balaban J connectivity index is 1.67. The van der Waals surface area contributed by atoms with Crippen molar-refractivity contribution in [2.75, 3.05) is 18.4 Å². The van der Waals surface area contributed by atoms with Crippen LogP contribution in [-0.2, 0) is 0 Å². The molecule has 2 aromatic rings. The molecule has 0 saturated carbocycles. The van der Waals surface area contributed by atoms with Gasteiger partial charge >= 0.3 is 6.18 Å². The molecular weight excluding hydrogens is 357 g/mol. The van der Waals surface area contributed by atoms with Gasteiger partial charge in [-0.2, -0.15) is 18.3 Å². The molecule has 8 heteroatoms. The summed E-state index contributed by atoms with van der Waals surface area (Å²) in [4.78, 5) is 14.2. The third-order valence-electron chi connectivity index (χ3n) is 5.28. The Labute approximate surface area is 155 Å². The van der Waals surface area contributed by atoms with Crippen molar-refractivity contribution in [2.24, 2.45) is 0 Å². The van der Waals surface area contributed by atoms with Gasteiger partial charge in [-0.05, 0) is 25.3 Å². The maximum absolute atomic E-state index is 13.7. The number of amides is 1. The highest BCUT2D eigenvalue weighted by Crippen LogP contribution is 2.43. The van der Waals surface area contributed by atoms with E-state index in [2.05, 4.69) is 10.4 Å². The van der Waals surface area contributed by atoms with Crippen LogP contribution in [0.25, 0.3) is 0 Å². The molecule has 2 atom stereocenters. The van der Waals surface area contributed by atoms with Crippen LogP contribution in [0.3, 0.4) is 0 Å². The van der Waals surface area contributed by atoms with Crippen LogP contribution >= 0.6 is 0 Å². The monoisotopic (exact) mass is 378 g/mol. The number of aromatic nitrogens is 2. The molecule has 2 aliphatic heterocycles. The van der Waals surface area contributed by atoms with Crippen LogP contribution in [0.15, 0.2) is 30.3 Å². The lowest BCUT2D eigenvalue weighted by atomic mass is 9.96. The molecule has 0 spiro atoms. The molecule has 1 aromatic heterocycles. The van der Waals surface area contributed by atoms with Crippen molar-refractivity contribution in [1.29, 1.82) is 0 Å². The van der Waals surface area contributed by atoms with E-state index in [4.69, 9.17) is 0 Å². The molecular formula is C19H21F3N4O. The number of fused-ring (bicyclic) bond motifs is 1. The van der Waals surface area contributed by atoms with E-state index >= 15 is 0 Å². The third kappa shape index (κ3) is 3.40. The number of nitrogens with one attached hydrogen (secondary N) is 1. The Morgan fingerprint density at radius 1 is 1.19 bits per heavy atom. The summed E-state index contributed by atoms with van der Waals surface area (Å²) in [5, 5.41) is 7.16. The molecule has 0 bridgehead atoms. The Morgan fingerprint density at radius 2 is 1.85 bits per heavy atom. The highest BCUT2D eigenvalue weighted by molar-refractivity contribution is 5.93. The van der Waals surface area contributed by atoms with Crippen LogP contribution < -0.4 is 5.32 Å². The Morgan fingerprint density at radius 3 is 2.48 bits per heavy atom. The van der Waals surface area contributed by atoms with E-state index in [0.29, 0.717) is 13.1 Å². The van der Waals surface area contributed by atoms with Gasteiger partial charge in [-0.1, -0.05) is 29.8 Å². The number of anilines is 1. The zero-order valence-electron chi connectivity index (χ0n) is 15.0. The molecule has 1 amide bonds. The van der Waals surface area contributed by atoms with Gasteiger partial charge in [-0.15, -0.1) is 0 Å². The molecule has 1 saturated heterocycles. The van der Waals surface area contributed by atoms with Crippen molar-refractivity contribution >= 4 is 11.7 Å². The maximum atomic E-state index is 13.7. The predicted molar refractivity (Wildman–Crippen MR) is 94.6 cm³/mol. The molecule has 5 nitrogen and oxygen atoms in total. The van der Waals surface area contributed by atoms with E-state index in [1.165, 1.54) is 6.07 Å². The second-order valence-corrected chi connectivity index (χ2v) is 7.26. The van der Waals surface area contributed by atoms with E-state index in [-0.39, 0.29) is 23.8 Å². The minimum absolute atomic E-state index is 0.0678. The Kier molecular flexibility index (Phi) is 4.36. The van der Waals surface area contributed by atoms with E-state index in [0.717, 1.165) is 28.7 Å². The summed E-state index contributed by atoms with van der Waals surface area (Å²) in [6.07, 6.45) is -2.78.